The summed E-state index contributed by atoms with van der Waals surface area (Å²) in [4.78, 5) is 16.2. The van der Waals surface area contributed by atoms with Gasteiger partial charge >= 0.3 is 0 Å². The molecule has 0 radical (unpaired) electrons. The third-order valence-electron chi connectivity index (χ3n) is 3.99. The minimum absolute atomic E-state index is 0.109. The second kappa shape index (κ2) is 6.27. The summed E-state index contributed by atoms with van der Waals surface area (Å²) in [5, 5.41) is 4.14. The fourth-order valence-corrected chi connectivity index (χ4v) is 2.66. The molecule has 0 bridgehead atoms. The van der Waals surface area contributed by atoms with Crippen LogP contribution in [-0.2, 0) is 24.9 Å². The second-order valence-electron chi connectivity index (χ2n) is 5.60. The maximum atomic E-state index is 12.9. The largest absolute Gasteiger partial charge is 0.336 e. The monoisotopic (exact) mass is 302 g/mol. The van der Waals surface area contributed by atoms with Crippen molar-refractivity contribution in [3.05, 3.63) is 53.6 Å². The molecule has 22 heavy (non-hydrogen) atoms. The lowest BCUT2D eigenvalue weighted by Gasteiger charge is -2.34. The van der Waals surface area contributed by atoms with Crippen molar-refractivity contribution in [1.29, 1.82) is 0 Å². The predicted octanol–water partition coefficient (Wildman–Crippen LogP) is 1.40. The Morgan fingerprint density at radius 3 is 2.55 bits per heavy atom. The molecule has 1 aromatic carbocycles. The van der Waals surface area contributed by atoms with Gasteiger partial charge in [-0.3, -0.25) is 14.4 Å². The van der Waals surface area contributed by atoms with Crippen molar-refractivity contribution in [3.63, 3.8) is 0 Å². The quantitative estimate of drug-likeness (QED) is 0.857. The Kier molecular flexibility index (Phi) is 4.20. The third kappa shape index (κ3) is 3.33. The first-order valence-corrected chi connectivity index (χ1v) is 7.33. The van der Waals surface area contributed by atoms with Crippen LogP contribution in [-0.4, -0.2) is 45.1 Å². The van der Waals surface area contributed by atoms with Crippen LogP contribution in [0, 0.1) is 5.82 Å². The molecule has 1 fully saturated rings. The minimum Gasteiger partial charge on any atom is -0.336 e. The first-order chi connectivity index (χ1) is 10.6. The van der Waals surface area contributed by atoms with E-state index in [-0.39, 0.29) is 11.7 Å². The van der Waals surface area contributed by atoms with E-state index in [1.54, 1.807) is 18.3 Å². The van der Waals surface area contributed by atoms with E-state index in [1.807, 2.05) is 22.7 Å². The number of piperazine rings is 1. The van der Waals surface area contributed by atoms with Crippen molar-refractivity contribution < 1.29 is 9.18 Å². The molecule has 1 amide bonds. The molecule has 116 valence electrons. The molecular formula is C16H19FN4O. The Labute approximate surface area is 128 Å². The van der Waals surface area contributed by atoms with Crippen molar-refractivity contribution in [1.82, 2.24) is 19.6 Å². The van der Waals surface area contributed by atoms with Gasteiger partial charge in [0.1, 0.15) is 5.82 Å². The van der Waals surface area contributed by atoms with Gasteiger partial charge in [-0.05, 0) is 23.8 Å². The van der Waals surface area contributed by atoms with Crippen LogP contribution in [0.15, 0.2) is 36.5 Å². The maximum Gasteiger partial charge on any atom is 0.237 e. The van der Waals surface area contributed by atoms with E-state index < -0.39 is 0 Å². The Morgan fingerprint density at radius 1 is 1.14 bits per heavy atom. The smallest absolute Gasteiger partial charge is 0.237 e. The standard InChI is InChI=1S/C16H19FN4O/c1-19-15(6-7-18-19)11-20-8-9-21(16(22)12-20)10-13-2-4-14(17)5-3-13/h2-7H,8-12H2,1H3. The molecule has 0 atom stereocenters. The van der Waals surface area contributed by atoms with Gasteiger partial charge in [0.2, 0.25) is 5.91 Å². The number of nitrogens with zero attached hydrogens (tertiary/aromatic N) is 4. The number of rotatable bonds is 4. The van der Waals surface area contributed by atoms with Gasteiger partial charge in [-0.15, -0.1) is 0 Å². The summed E-state index contributed by atoms with van der Waals surface area (Å²) < 4.78 is 14.7. The summed E-state index contributed by atoms with van der Waals surface area (Å²) in [6.45, 7) is 3.20. The highest BCUT2D eigenvalue weighted by Crippen LogP contribution is 2.12. The van der Waals surface area contributed by atoms with Gasteiger partial charge in [-0.1, -0.05) is 12.1 Å². The minimum atomic E-state index is -0.254. The number of aromatic nitrogens is 2. The zero-order chi connectivity index (χ0) is 15.5. The van der Waals surface area contributed by atoms with Gasteiger partial charge in [0.25, 0.3) is 0 Å². The van der Waals surface area contributed by atoms with Crippen LogP contribution in [0.1, 0.15) is 11.3 Å². The van der Waals surface area contributed by atoms with Gasteiger partial charge in [0.15, 0.2) is 0 Å². The molecule has 0 N–H and O–H groups in total. The fourth-order valence-electron chi connectivity index (χ4n) is 2.66. The molecule has 1 aromatic heterocycles. The summed E-state index contributed by atoms with van der Waals surface area (Å²) >= 11 is 0. The molecule has 1 aliphatic rings. The van der Waals surface area contributed by atoms with E-state index in [0.29, 0.717) is 19.6 Å². The normalized spacial score (nSPS) is 16.3. The van der Waals surface area contributed by atoms with Crippen molar-refractivity contribution in [2.45, 2.75) is 13.1 Å². The number of hydrogen-bond acceptors (Lipinski definition) is 3. The molecular weight excluding hydrogens is 283 g/mol. The highest BCUT2D eigenvalue weighted by atomic mass is 19.1. The average molecular weight is 302 g/mol. The topological polar surface area (TPSA) is 41.4 Å². The zero-order valence-corrected chi connectivity index (χ0v) is 12.6. The molecule has 3 rings (SSSR count). The number of benzene rings is 1. The van der Waals surface area contributed by atoms with E-state index in [1.165, 1.54) is 12.1 Å². The number of halogens is 1. The molecule has 2 aromatic rings. The number of aryl methyl sites for hydroxylation is 1. The molecule has 0 saturated carbocycles. The van der Waals surface area contributed by atoms with Gasteiger partial charge in [-0.2, -0.15) is 5.10 Å². The highest BCUT2D eigenvalue weighted by Gasteiger charge is 2.24. The van der Waals surface area contributed by atoms with Crippen LogP contribution in [0.5, 0.6) is 0 Å². The van der Waals surface area contributed by atoms with Gasteiger partial charge in [0, 0.05) is 39.4 Å². The van der Waals surface area contributed by atoms with E-state index in [4.69, 9.17) is 0 Å². The molecule has 5 nitrogen and oxygen atoms in total. The predicted molar refractivity (Wildman–Crippen MR) is 80.3 cm³/mol. The third-order valence-corrected chi connectivity index (χ3v) is 3.99. The average Bonchev–Trinajstić information content (AvgIpc) is 2.89. The first kappa shape index (κ1) is 14.7. The van der Waals surface area contributed by atoms with E-state index >= 15 is 0 Å². The van der Waals surface area contributed by atoms with Crippen LogP contribution < -0.4 is 0 Å². The molecule has 1 aliphatic heterocycles. The fraction of sp³-hybridized carbons (Fsp3) is 0.375. The second-order valence-corrected chi connectivity index (χ2v) is 5.60. The number of hydrogen-bond donors (Lipinski definition) is 0. The molecule has 0 spiro atoms. The first-order valence-electron chi connectivity index (χ1n) is 7.33. The summed E-state index contributed by atoms with van der Waals surface area (Å²) in [7, 11) is 1.90. The molecule has 6 heteroatoms. The lowest BCUT2D eigenvalue weighted by atomic mass is 10.2. The van der Waals surface area contributed by atoms with Gasteiger partial charge in [-0.25, -0.2) is 4.39 Å². The lowest BCUT2D eigenvalue weighted by molar-refractivity contribution is -0.136. The summed E-state index contributed by atoms with van der Waals surface area (Å²) in [6, 6.07) is 8.28. The van der Waals surface area contributed by atoms with Crippen LogP contribution >= 0.6 is 0 Å². The van der Waals surface area contributed by atoms with Crippen molar-refractivity contribution in [2.24, 2.45) is 7.05 Å². The van der Waals surface area contributed by atoms with E-state index in [2.05, 4.69) is 10.00 Å². The van der Waals surface area contributed by atoms with Crippen molar-refractivity contribution >= 4 is 5.91 Å². The highest BCUT2D eigenvalue weighted by molar-refractivity contribution is 5.79. The van der Waals surface area contributed by atoms with Crippen molar-refractivity contribution in [3.8, 4) is 0 Å². The van der Waals surface area contributed by atoms with Crippen LogP contribution in [0.25, 0.3) is 0 Å². The SMILES string of the molecule is Cn1nccc1CN1CCN(Cc2ccc(F)cc2)C(=O)C1. The van der Waals surface area contributed by atoms with Crippen LogP contribution in [0.4, 0.5) is 4.39 Å². The lowest BCUT2D eigenvalue weighted by Crippen LogP contribution is -2.49. The summed E-state index contributed by atoms with van der Waals surface area (Å²) in [6.07, 6.45) is 1.77. The summed E-state index contributed by atoms with van der Waals surface area (Å²) in [5.74, 6) is -0.145. The summed E-state index contributed by atoms with van der Waals surface area (Å²) in [5.41, 5.74) is 2.05. The molecule has 2 heterocycles. The van der Waals surface area contributed by atoms with Crippen LogP contribution in [0.2, 0.25) is 0 Å². The zero-order valence-electron chi connectivity index (χ0n) is 12.6. The van der Waals surface area contributed by atoms with Crippen LogP contribution in [0.3, 0.4) is 0 Å². The van der Waals surface area contributed by atoms with Gasteiger partial charge in [0.05, 0.1) is 12.2 Å². The Hall–Kier alpha value is -2.21. The number of carbonyl (C=O) groups is 1. The van der Waals surface area contributed by atoms with E-state index in [9.17, 15) is 9.18 Å². The molecule has 0 unspecified atom stereocenters. The Bertz CT molecular complexity index is 652. The van der Waals surface area contributed by atoms with Gasteiger partial charge < -0.3 is 4.90 Å². The Balaban J connectivity index is 1.57. The van der Waals surface area contributed by atoms with E-state index in [0.717, 1.165) is 24.3 Å². The molecule has 0 aliphatic carbocycles. The number of amides is 1. The van der Waals surface area contributed by atoms with Crippen molar-refractivity contribution in [2.75, 3.05) is 19.6 Å². The number of carbonyl (C=O) groups excluding carboxylic acids is 1. The Morgan fingerprint density at radius 2 is 1.91 bits per heavy atom. The maximum absolute atomic E-state index is 12.9. The molecule has 1 saturated heterocycles.